The first kappa shape index (κ1) is 22.0. The number of carbonyl (C=O) groups excluding carboxylic acids is 1. The maximum atomic E-state index is 13.1. The molecule has 2 aliphatic rings. The molecule has 3 heterocycles. The van der Waals surface area contributed by atoms with Gasteiger partial charge in [0.1, 0.15) is 11.4 Å². The summed E-state index contributed by atoms with van der Waals surface area (Å²) < 4.78 is 41.9. The first-order valence-electron chi connectivity index (χ1n) is 10.7. The second kappa shape index (κ2) is 8.83. The van der Waals surface area contributed by atoms with Crippen LogP contribution in [0.2, 0.25) is 0 Å². The zero-order chi connectivity index (χ0) is 23.0. The van der Waals surface area contributed by atoms with Gasteiger partial charge in [-0.1, -0.05) is 12.1 Å². The lowest BCUT2D eigenvalue weighted by molar-refractivity contribution is -0.274. The predicted molar refractivity (Wildman–Crippen MR) is 117 cm³/mol. The maximum Gasteiger partial charge on any atom is 0.573 e. The van der Waals surface area contributed by atoms with Crippen LogP contribution in [-0.4, -0.2) is 51.7 Å². The van der Waals surface area contributed by atoms with Crippen LogP contribution in [0.15, 0.2) is 53.5 Å². The van der Waals surface area contributed by atoms with Crippen LogP contribution in [0, 0.1) is 17.8 Å². The highest BCUT2D eigenvalue weighted by Gasteiger charge is 2.56. The van der Waals surface area contributed by atoms with Crippen molar-refractivity contribution in [2.24, 2.45) is 17.8 Å². The lowest BCUT2D eigenvalue weighted by Crippen LogP contribution is -2.35. The number of H-pyrrole nitrogens is 1. The number of nitrogens with zero attached hydrogens (tertiary/aromatic N) is 3. The summed E-state index contributed by atoms with van der Waals surface area (Å²) in [6, 6.07) is 9.87. The number of aromatic amines is 1. The summed E-state index contributed by atoms with van der Waals surface area (Å²) in [5, 5.41) is 1.70. The smallest absolute Gasteiger partial charge is 0.406 e. The fourth-order valence-corrected chi connectivity index (χ4v) is 5.38. The predicted octanol–water partition coefficient (Wildman–Crippen LogP) is 4.39. The van der Waals surface area contributed by atoms with Gasteiger partial charge in [-0.15, -0.1) is 24.5 Å². The molecule has 1 amide bonds. The number of ether oxygens (including phenoxy) is 1. The number of rotatable bonds is 8. The number of likely N-dealkylation sites (tertiary alicyclic amines) is 1. The van der Waals surface area contributed by atoms with E-state index in [9.17, 15) is 18.0 Å². The van der Waals surface area contributed by atoms with Crippen LogP contribution in [0.25, 0.3) is 0 Å². The van der Waals surface area contributed by atoms with Gasteiger partial charge in [0.05, 0.1) is 5.51 Å². The van der Waals surface area contributed by atoms with Crippen LogP contribution in [-0.2, 0) is 13.1 Å². The molecule has 1 aliphatic carbocycles. The molecule has 0 radical (unpaired) electrons. The third-order valence-electron chi connectivity index (χ3n) is 6.38. The van der Waals surface area contributed by atoms with E-state index in [1.165, 1.54) is 35.2 Å². The van der Waals surface area contributed by atoms with E-state index < -0.39 is 6.36 Å². The molecule has 1 aliphatic heterocycles. The average Bonchev–Trinajstić information content (AvgIpc) is 3.31. The van der Waals surface area contributed by atoms with Gasteiger partial charge in [0.15, 0.2) is 0 Å². The summed E-state index contributed by atoms with van der Waals surface area (Å²) >= 11 is 1.34. The minimum Gasteiger partial charge on any atom is -0.406 e. The van der Waals surface area contributed by atoms with E-state index in [1.54, 1.807) is 21.9 Å². The van der Waals surface area contributed by atoms with Crippen molar-refractivity contribution < 1.29 is 22.7 Å². The first-order chi connectivity index (χ1) is 15.9. The zero-order valence-corrected chi connectivity index (χ0v) is 18.5. The summed E-state index contributed by atoms with van der Waals surface area (Å²) in [6.07, 6.45) is -2.84. The molecule has 1 N–H and O–H groups in total. The van der Waals surface area contributed by atoms with Crippen molar-refractivity contribution in [2.45, 2.75) is 19.5 Å². The van der Waals surface area contributed by atoms with E-state index in [1.807, 2.05) is 12.3 Å². The van der Waals surface area contributed by atoms with E-state index in [0.29, 0.717) is 35.6 Å². The normalized spacial score (nSPS) is 22.2. The second-order valence-electron chi connectivity index (χ2n) is 8.64. The molecule has 33 heavy (non-hydrogen) atoms. The van der Waals surface area contributed by atoms with Gasteiger partial charge in [-0.2, -0.15) is 0 Å². The summed E-state index contributed by atoms with van der Waals surface area (Å²) in [5.74, 6) is 0.967. The number of carbonyl (C=O) groups is 1. The Labute approximate surface area is 193 Å². The molecule has 10 heteroatoms. The summed E-state index contributed by atoms with van der Waals surface area (Å²) in [7, 11) is 0. The van der Waals surface area contributed by atoms with Gasteiger partial charge in [0.2, 0.25) is 0 Å². The Hall–Kier alpha value is -2.85. The molecule has 2 atom stereocenters. The third kappa shape index (κ3) is 5.22. The van der Waals surface area contributed by atoms with Crippen LogP contribution >= 0.6 is 11.3 Å². The zero-order valence-electron chi connectivity index (χ0n) is 17.7. The molecule has 1 saturated heterocycles. The molecule has 5 rings (SSSR count). The van der Waals surface area contributed by atoms with E-state index in [2.05, 4.69) is 25.7 Å². The van der Waals surface area contributed by atoms with Crippen molar-refractivity contribution in [3.05, 3.63) is 70.4 Å². The number of alkyl halides is 3. The average molecular weight is 477 g/mol. The number of nitrogens with one attached hydrogen (secondary N) is 1. The number of thiazole rings is 1. The molecular weight excluding hydrogens is 453 g/mol. The number of hydrogen-bond donors (Lipinski definition) is 1. The number of halogens is 3. The molecule has 6 nitrogen and oxygen atoms in total. The fraction of sp³-hybridized carbons (Fsp3) is 0.391. The Balaban J connectivity index is 1.25. The quantitative estimate of drug-likeness (QED) is 0.524. The number of amides is 1. The second-order valence-corrected chi connectivity index (χ2v) is 9.35. The Kier molecular flexibility index (Phi) is 5.88. The van der Waals surface area contributed by atoms with Gasteiger partial charge < -0.3 is 14.6 Å². The molecule has 0 spiro atoms. The number of fused-ring (bicyclic) bond motifs is 1. The molecule has 1 saturated carbocycles. The summed E-state index contributed by atoms with van der Waals surface area (Å²) in [5.41, 5.74) is 3.74. The lowest BCUT2D eigenvalue weighted by atomic mass is 10.1. The largest absolute Gasteiger partial charge is 0.573 e. The lowest BCUT2D eigenvalue weighted by Gasteiger charge is -2.25. The SMILES string of the molecule is O=C(c1cscn1)N(Cc1cccc(OC(F)(F)F)c1)CC1C2CN(Cc3ccc[nH]3)CC21. The van der Waals surface area contributed by atoms with Crippen molar-refractivity contribution in [3.8, 4) is 5.75 Å². The van der Waals surface area contributed by atoms with Gasteiger partial charge in [0, 0.05) is 50.0 Å². The Morgan fingerprint density at radius 2 is 2.06 bits per heavy atom. The molecule has 1 aromatic carbocycles. The van der Waals surface area contributed by atoms with Crippen LogP contribution in [0.3, 0.4) is 0 Å². The van der Waals surface area contributed by atoms with Gasteiger partial charge in [0.25, 0.3) is 5.91 Å². The van der Waals surface area contributed by atoms with Crippen LogP contribution in [0.1, 0.15) is 21.7 Å². The minimum atomic E-state index is -4.76. The van der Waals surface area contributed by atoms with Gasteiger partial charge in [-0.25, -0.2) is 4.98 Å². The van der Waals surface area contributed by atoms with Crippen molar-refractivity contribution in [2.75, 3.05) is 19.6 Å². The van der Waals surface area contributed by atoms with E-state index >= 15 is 0 Å². The van der Waals surface area contributed by atoms with Gasteiger partial charge >= 0.3 is 6.36 Å². The minimum absolute atomic E-state index is 0.202. The highest BCUT2D eigenvalue weighted by Crippen LogP contribution is 2.52. The van der Waals surface area contributed by atoms with Crippen LogP contribution in [0.5, 0.6) is 5.75 Å². The monoisotopic (exact) mass is 476 g/mol. The molecule has 2 aromatic heterocycles. The molecule has 174 valence electrons. The molecular formula is C23H23F3N4O2S. The van der Waals surface area contributed by atoms with E-state index in [-0.39, 0.29) is 18.2 Å². The van der Waals surface area contributed by atoms with Gasteiger partial charge in [-0.3, -0.25) is 9.69 Å². The molecule has 2 unspecified atom stereocenters. The Morgan fingerprint density at radius 1 is 1.24 bits per heavy atom. The maximum absolute atomic E-state index is 13.1. The molecule has 3 aromatic rings. The van der Waals surface area contributed by atoms with Crippen molar-refractivity contribution in [3.63, 3.8) is 0 Å². The first-order valence-corrected chi connectivity index (χ1v) is 11.7. The number of aromatic nitrogens is 2. The topological polar surface area (TPSA) is 61.5 Å². The van der Waals surface area contributed by atoms with Crippen molar-refractivity contribution in [1.29, 1.82) is 0 Å². The third-order valence-corrected chi connectivity index (χ3v) is 6.97. The Bertz CT molecular complexity index is 1080. The highest BCUT2D eigenvalue weighted by atomic mass is 32.1. The van der Waals surface area contributed by atoms with E-state index in [4.69, 9.17) is 0 Å². The van der Waals surface area contributed by atoms with Gasteiger partial charge in [-0.05, 0) is 47.6 Å². The van der Waals surface area contributed by atoms with Crippen molar-refractivity contribution in [1.82, 2.24) is 19.8 Å². The van der Waals surface area contributed by atoms with Crippen LogP contribution in [0.4, 0.5) is 13.2 Å². The van der Waals surface area contributed by atoms with Crippen LogP contribution < -0.4 is 4.74 Å². The fourth-order valence-electron chi connectivity index (χ4n) is 4.86. The number of hydrogen-bond acceptors (Lipinski definition) is 5. The highest BCUT2D eigenvalue weighted by molar-refractivity contribution is 7.07. The Morgan fingerprint density at radius 3 is 2.73 bits per heavy atom. The summed E-state index contributed by atoms with van der Waals surface area (Å²) in [6.45, 7) is 3.63. The van der Waals surface area contributed by atoms with Crippen molar-refractivity contribution >= 4 is 17.2 Å². The summed E-state index contributed by atoms with van der Waals surface area (Å²) in [4.78, 5) is 24.6. The molecule has 0 bridgehead atoms. The molecule has 2 fully saturated rings. The van der Waals surface area contributed by atoms with E-state index in [0.717, 1.165) is 19.6 Å². The number of piperidine rings is 1. The standard InChI is InChI=1S/C23H23F3N4O2S/c24-23(25,26)32-17-5-1-3-15(7-17)8-30(22(31)21-13-33-14-28-21)12-20-18-10-29(11-19(18)20)9-16-4-2-6-27-16/h1-7,13-14,18-20,27H,8-12H2. The number of benzene rings is 1.